The monoisotopic (exact) mass is 182 g/mol. The van der Waals surface area contributed by atoms with Gasteiger partial charge < -0.3 is 0 Å². The molecule has 0 spiro atoms. The first kappa shape index (κ1) is 11.1. The minimum Gasteiger partial charge on any atom is -0.0651 e. The maximum atomic E-state index is 2.38. The van der Waals surface area contributed by atoms with E-state index in [1.54, 1.807) is 0 Å². The van der Waals surface area contributed by atoms with E-state index < -0.39 is 0 Å². The Bertz CT molecular complexity index is 103. The van der Waals surface area contributed by atoms with Gasteiger partial charge in [-0.2, -0.15) is 0 Å². The van der Waals surface area contributed by atoms with E-state index in [0.717, 1.165) is 11.8 Å². The topological polar surface area (TPSA) is 0 Å². The van der Waals surface area contributed by atoms with Gasteiger partial charge in [-0.15, -0.1) is 0 Å². The van der Waals surface area contributed by atoms with E-state index >= 15 is 0 Å². The minimum absolute atomic E-state index is 1.04. The maximum absolute atomic E-state index is 2.38. The Morgan fingerprint density at radius 2 is 1.08 bits per heavy atom. The van der Waals surface area contributed by atoms with Crippen LogP contribution in [-0.4, -0.2) is 0 Å². The van der Waals surface area contributed by atoms with E-state index in [-0.39, 0.29) is 0 Å². The molecule has 0 heterocycles. The number of hydrogen-bond acceptors (Lipinski definition) is 0. The van der Waals surface area contributed by atoms with Crippen LogP contribution < -0.4 is 0 Å². The Hall–Kier alpha value is 0. The van der Waals surface area contributed by atoms with Gasteiger partial charge in [-0.05, 0) is 11.8 Å². The van der Waals surface area contributed by atoms with E-state index in [4.69, 9.17) is 0 Å². The fourth-order valence-electron chi connectivity index (χ4n) is 2.89. The molecule has 0 bridgehead atoms. The average molecular weight is 182 g/mol. The van der Waals surface area contributed by atoms with Crippen LogP contribution in [0.4, 0.5) is 0 Å². The lowest BCUT2D eigenvalue weighted by atomic mass is 9.82. The summed E-state index contributed by atoms with van der Waals surface area (Å²) >= 11 is 0. The summed E-state index contributed by atoms with van der Waals surface area (Å²) in [4.78, 5) is 0. The summed E-state index contributed by atoms with van der Waals surface area (Å²) < 4.78 is 0. The molecule has 13 heavy (non-hydrogen) atoms. The lowest BCUT2D eigenvalue weighted by Gasteiger charge is -2.24. The van der Waals surface area contributed by atoms with Gasteiger partial charge in [0.15, 0.2) is 0 Å². The predicted octanol–water partition coefficient (Wildman–Crippen LogP) is 4.78. The molecule has 0 amide bonds. The second kappa shape index (κ2) is 6.45. The fraction of sp³-hybridized carbons (Fsp3) is 1.00. The highest BCUT2D eigenvalue weighted by Gasteiger charge is 2.18. The van der Waals surface area contributed by atoms with Crippen LogP contribution in [0.1, 0.15) is 71.6 Å². The molecule has 78 valence electrons. The van der Waals surface area contributed by atoms with Gasteiger partial charge in [0.2, 0.25) is 0 Å². The third-order valence-corrected chi connectivity index (χ3v) is 3.87. The molecule has 0 nitrogen and oxygen atoms in total. The molecule has 0 aromatic heterocycles. The van der Waals surface area contributed by atoms with Gasteiger partial charge in [-0.25, -0.2) is 0 Å². The van der Waals surface area contributed by atoms with Gasteiger partial charge in [-0.3, -0.25) is 0 Å². The van der Waals surface area contributed by atoms with Crippen molar-refractivity contribution in [1.82, 2.24) is 0 Å². The zero-order chi connectivity index (χ0) is 9.52. The van der Waals surface area contributed by atoms with Crippen LogP contribution in [0.2, 0.25) is 0 Å². The lowest BCUT2D eigenvalue weighted by Crippen LogP contribution is -2.13. The minimum atomic E-state index is 1.04. The van der Waals surface area contributed by atoms with Gasteiger partial charge >= 0.3 is 0 Å². The SMILES string of the molecule is CCC1CCCCCCCC1CC. The maximum Gasteiger partial charge on any atom is -0.0389 e. The largest absolute Gasteiger partial charge is 0.0651 e. The quantitative estimate of drug-likeness (QED) is 0.576. The zero-order valence-corrected chi connectivity index (χ0v) is 9.52. The number of rotatable bonds is 2. The Kier molecular flexibility index (Phi) is 5.50. The van der Waals surface area contributed by atoms with E-state index in [1.807, 2.05) is 0 Å². The van der Waals surface area contributed by atoms with Gasteiger partial charge in [0, 0.05) is 0 Å². The normalized spacial score (nSPS) is 31.8. The highest BCUT2D eigenvalue weighted by atomic mass is 14.2. The molecular formula is C13H26. The smallest absolute Gasteiger partial charge is 0.0389 e. The van der Waals surface area contributed by atoms with Gasteiger partial charge in [0.25, 0.3) is 0 Å². The van der Waals surface area contributed by atoms with Crippen molar-refractivity contribution < 1.29 is 0 Å². The van der Waals surface area contributed by atoms with Crippen molar-refractivity contribution in [2.24, 2.45) is 11.8 Å². The van der Waals surface area contributed by atoms with Gasteiger partial charge in [-0.1, -0.05) is 71.6 Å². The van der Waals surface area contributed by atoms with Crippen LogP contribution in [0.15, 0.2) is 0 Å². The van der Waals surface area contributed by atoms with Crippen molar-refractivity contribution in [1.29, 1.82) is 0 Å². The Morgan fingerprint density at radius 1 is 0.692 bits per heavy atom. The molecule has 0 aromatic rings. The average Bonchev–Trinajstić information content (AvgIpc) is 2.28. The summed E-state index contributed by atoms with van der Waals surface area (Å²) in [6.07, 6.45) is 13.3. The highest BCUT2D eigenvalue weighted by Crippen LogP contribution is 2.31. The molecule has 1 fully saturated rings. The third-order valence-electron chi connectivity index (χ3n) is 3.87. The Balaban J connectivity index is 2.42. The second-order valence-electron chi connectivity index (χ2n) is 4.68. The fourth-order valence-corrected chi connectivity index (χ4v) is 2.89. The van der Waals surface area contributed by atoms with E-state index in [2.05, 4.69) is 13.8 Å². The summed E-state index contributed by atoms with van der Waals surface area (Å²) in [5.41, 5.74) is 0. The first-order valence-corrected chi connectivity index (χ1v) is 6.38. The van der Waals surface area contributed by atoms with Crippen LogP contribution >= 0.6 is 0 Å². The summed E-state index contributed by atoms with van der Waals surface area (Å²) in [7, 11) is 0. The van der Waals surface area contributed by atoms with E-state index in [0.29, 0.717) is 0 Å². The van der Waals surface area contributed by atoms with Crippen LogP contribution in [-0.2, 0) is 0 Å². The van der Waals surface area contributed by atoms with Crippen LogP contribution in [0.3, 0.4) is 0 Å². The van der Waals surface area contributed by atoms with Crippen molar-refractivity contribution in [2.45, 2.75) is 71.6 Å². The van der Waals surface area contributed by atoms with Crippen molar-refractivity contribution >= 4 is 0 Å². The third kappa shape index (κ3) is 3.70. The second-order valence-corrected chi connectivity index (χ2v) is 4.68. The van der Waals surface area contributed by atoms with Crippen molar-refractivity contribution in [3.63, 3.8) is 0 Å². The van der Waals surface area contributed by atoms with Crippen LogP contribution in [0.25, 0.3) is 0 Å². The molecule has 1 rings (SSSR count). The van der Waals surface area contributed by atoms with Crippen molar-refractivity contribution in [3.05, 3.63) is 0 Å². The van der Waals surface area contributed by atoms with Crippen LogP contribution in [0, 0.1) is 11.8 Å². The summed E-state index contributed by atoms with van der Waals surface area (Å²) in [6, 6.07) is 0. The molecule has 0 aliphatic heterocycles. The molecule has 2 unspecified atom stereocenters. The highest BCUT2D eigenvalue weighted by molar-refractivity contribution is 4.70. The summed E-state index contributed by atoms with van der Waals surface area (Å²) in [5, 5.41) is 0. The molecule has 0 saturated heterocycles. The standard InChI is InChI=1S/C13H26/c1-3-12-10-8-6-5-7-9-11-13(12)4-2/h12-13H,3-11H2,1-2H3. The summed E-state index contributed by atoms with van der Waals surface area (Å²) in [5.74, 6) is 2.09. The zero-order valence-electron chi connectivity index (χ0n) is 9.52. The Labute approximate surface area is 84.1 Å². The predicted molar refractivity (Wildman–Crippen MR) is 59.9 cm³/mol. The lowest BCUT2D eigenvalue weighted by molar-refractivity contribution is 0.274. The van der Waals surface area contributed by atoms with Crippen molar-refractivity contribution in [3.8, 4) is 0 Å². The molecule has 0 radical (unpaired) electrons. The Morgan fingerprint density at radius 3 is 1.46 bits per heavy atom. The first-order valence-electron chi connectivity index (χ1n) is 6.38. The molecular weight excluding hydrogens is 156 g/mol. The first-order chi connectivity index (χ1) is 6.38. The molecule has 1 aliphatic rings. The molecule has 1 saturated carbocycles. The molecule has 0 heteroatoms. The molecule has 2 atom stereocenters. The van der Waals surface area contributed by atoms with E-state index in [9.17, 15) is 0 Å². The molecule has 0 aromatic carbocycles. The summed E-state index contributed by atoms with van der Waals surface area (Å²) in [6.45, 7) is 4.76. The van der Waals surface area contributed by atoms with Gasteiger partial charge in [0.05, 0.1) is 0 Å². The van der Waals surface area contributed by atoms with E-state index in [1.165, 1.54) is 57.8 Å². The van der Waals surface area contributed by atoms with Crippen LogP contribution in [0.5, 0.6) is 0 Å². The molecule has 0 N–H and O–H groups in total. The van der Waals surface area contributed by atoms with Gasteiger partial charge in [0.1, 0.15) is 0 Å². The molecule has 1 aliphatic carbocycles. The number of hydrogen-bond donors (Lipinski definition) is 0. The van der Waals surface area contributed by atoms with Crippen molar-refractivity contribution in [2.75, 3.05) is 0 Å².